The molecule has 0 unspecified atom stereocenters. The Morgan fingerprint density at radius 3 is 2.50 bits per heavy atom. The van der Waals surface area contributed by atoms with E-state index in [1.165, 1.54) is 7.11 Å². The minimum absolute atomic E-state index is 0.0414. The first-order valence-corrected chi connectivity index (χ1v) is 9.89. The van der Waals surface area contributed by atoms with Crippen LogP contribution in [0.25, 0.3) is 0 Å². The number of hydrogen-bond donors (Lipinski definition) is 1. The molecule has 4 nitrogen and oxygen atoms in total. The van der Waals surface area contributed by atoms with Crippen LogP contribution in [0.2, 0.25) is 18.1 Å². The highest BCUT2D eigenvalue weighted by atomic mass is 28.4. The lowest BCUT2D eigenvalue weighted by molar-refractivity contribution is -0.117. The third-order valence-electron chi connectivity index (χ3n) is 4.70. The molecule has 0 aromatic carbocycles. The van der Waals surface area contributed by atoms with Crippen molar-refractivity contribution < 1.29 is 23.4 Å². The van der Waals surface area contributed by atoms with Gasteiger partial charge in [-0.3, -0.25) is 0 Å². The van der Waals surface area contributed by atoms with E-state index in [9.17, 15) is 9.50 Å². The van der Waals surface area contributed by atoms with Crippen LogP contribution in [0.3, 0.4) is 0 Å². The summed E-state index contributed by atoms with van der Waals surface area (Å²) >= 11 is 0. The van der Waals surface area contributed by atoms with E-state index in [0.29, 0.717) is 0 Å². The highest BCUT2D eigenvalue weighted by Gasteiger charge is 2.57. The zero-order valence-electron chi connectivity index (χ0n) is 13.1. The maximum absolute atomic E-state index is 14.2. The number of ether oxygens (including phenoxy) is 2. The first-order chi connectivity index (χ1) is 9.00. The number of aliphatic hydroxyl groups is 1. The fourth-order valence-electron chi connectivity index (χ4n) is 2.37. The molecule has 116 valence electrons. The predicted molar refractivity (Wildman–Crippen MR) is 76.3 cm³/mol. The SMILES string of the molecule is CO[C@@H]1C[C@@]2(O)CC(F)=C(O[Si](C)(C)C(C)(C)C)[C@H]2O1. The van der Waals surface area contributed by atoms with Gasteiger partial charge in [0.15, 0.2) is 6.29 Å². The smallest absolute Gasteiger partial charge is 0.250 e. The molecule has 20 heavy (non-hydrogen) atoms. The highest BCUT2D eigenvalue weighted by molar-refractivity contribution is 6.74. The minimum Gasteiger partial charge on any atom is -0.543 e. The van der Waals surface area contributed by atoms with E-state index in [4.69, 9.17) is 13.9 Å². The molecular formula is C14H25FO4Si. The number of rotatable bonds is 3. The van der Waals surface area contributed by atoms with Crippen LogP contribution in [-0.2, 0) is 13.9 Å². The maximum Gasteiger partial charge on any atom is 0.250 e. The van der Waals surface area contributed by atoms with Crippen molar-refractivity contribution in [2.75, 3.05) is 7.11 Å². The molecule has 0 aromatic rings. The van der Waals surface area contributed by atoms with Crippen LogP contribution in [-0.4, -0.2) is 38.5 Å². The quantitative estimate of drug-likeness (QED) is 0.814. The molecule has 1 fully saturated rings. The van der Waals surface area contributed by atoms with E-state index in [1.54, 1.807) is 0 Å². The van der Waals surface area contributed by atoms with Gasteiger partial charge in [-0.25, -0.2) is 4.39 Å². The van der Waals surface area contributed by atoms with Crippen molar-refractivity contribution in [2.45, 2.75) is 69.7 Å². The average molecular weight is 304 g/mol. The van der Waals surface area contributed by atoms with Gasteiger partial charge in [0.1, 0.15) is 23.3 Å². The zero-order chi connectivity index (χ0) is 15.3. The van der Waals surface area contributed by atoms with Crippen LogP contribution in [0.4, 0.5) is 4.39 Å². The van der Waals surface area contributed by atoms with Gasteiger partial charge in [-0.2, -0.15) is 0 Å². The highest BCUT2D eigenvalue weighted by Crippen LogP contribution is 2.49. The Kier molecular flexibility index (Phi) is 3.82. The number of fused-ring (bicyclic) bond motifs is 1. The first-order valence-electron chi connectivity index (χ1n) is 6.98. The fraction of sp³-hybridized carbons (Fsp3) is 0.857. The molecule has 0 radical (unpaired) electrons. The van der Waals surface area contributed by atoms with Gasteiger partial charge in [-0.15, -0.1) is 0 Å². The summed E-state index contributed by atoms with van der Waals surface area (Å²) in [5.41, 5.74) is -1.23. The monoisotopic (exact) mass is 304 g/mol. The molecular weight excluding hydrogens is 279 g/mol. The zero-order valence-corrected chi connectivity index (χ0v) is 14.1. The summed E-state index contributed by atoms with van der Waals surface area (Å²) in [4.78, 5) is 0. The molecule has 0 spiro atoms. The largest absolute Gasteiger partial charge is 0.543 e. The van der Waals surface area contributed by atoms with E-state index < -0.39 is 32.1 Å². The van der Waals surface area contributed by atoms with Crippen LogP contribution in [0.5, 0.6) is 0 Å². The van der Waals surface area contributed by atoms with E-state index in [2.05, 4.69) is 20.8 Å². The second-order valence-corrected chi connectivity index (χ2v) is 12.0. The Bertz CT molecular complexity index is 429. The normalized spacial score (nSPS) is 34.6. The molecule has 2 rings (SSSR count). The van der Waals surface area contributed by atoms with Gasteiger partial charge in [0, 0.05) is 20.0 Å². The molecule has 1 saturated heterocycles. The number of halogens is 1. The van der Waals surface area contributed by atoms with Gasteiger partial charge in [0.25, 0.3) is 0 Å². The van der Waals surface area contributed by atoms with Crippen LogP contribution in [0, 0.1) is 0 Å². The molecule has 0 amide bonds. The summed E-state index contributed by atoms with van der Waals surface area (Å²) in [5.74, 6) is -0.212. The molecule has 3 atom stereocenters. The summed E-state index contributed by atoms with van der Waals surface area (Å²) in [6, 6.07) is 0. The number of hydrogen-bond acceptors (Lipinski definition) is 4. The summed E-state index contributed by atoms with van der Waals surface area (Å²) in [6.07, 6.45) is -1.04. The Balaban J connectivity index is 2.22. The van der Waals surface area contributed by atoms with Gasteiger partial charge in [-0.05, 0) is 18.1 Å². The minimum atomic E-state index is -2.17. The number of methoxy groups -OCH3 is 1. The summed E-state index contributed by atoms with van der Waals surface area (Å²) in [6.45, 7) is 10.4. The fourth-order valence-corrected chi connectivity index (χ4v) is 3.44. The van der Waals surface area contributed by atoms with Crippen molar-refractivity contribution >= 4 is 8.32 Å². The van der Waals surface area contributed by atoms with Gasteiger partial charge in [-0.1, -0.05) is 20.8 Å². The molecule has 0 aromatic heterocycles. The second kappa shape index (κ2) is 4.80. The molecule has 0 saturated carbocycles. The Labute approximate surface area is 121 Å². The molecule has 2 aliphatic rings. The lowest BCUT2D eigenvalue weighted by atomic mass is 9.97. The lowest BCUT2D eigenvalue weighted by Crippen LogP contribution is -2.43. The van der Waals surface area contributed by atoms with Gasteiger partial charge >= 0.3 is 0 Å². The molecule has 1 N–H and O–H groups in total. The van der Waals surface area contributed by atoms with Crippen molar-refractivity contribution in [3.05, 3.63) is 11.6 Å². The third-order valence-corrected chi connectivity index (χ3v) is 9.04. The Hall–Kier alpha value is -0.433. The van der Waals surface area contributed by atoms with Crippen LogP contribution < -0.4 is 0 Å². The first kappa shape index (κ1) is 15.9. The van der Waals surface area contributed by atoms with E-state index in [1.807, 2.05) is 13.1 Å². The molecule has 1 heterocycles. The van der Waals surface area contributed by atoms with E-state index in [-0.39, 0.29) is 23.6 Å². The van der Waals surface area contributed by atoms with Crippen molar-refractivity contribution in [2.24, 2.45) is 0 Å². The van der Waals surface area contributed by atoms with E-state index >= 15 is 0 Å². The van der Waals surface area contributed by atoms with Crippen LogP contribution >= 0.6 is 0 Å². The molecule has 1 aliphatic heterocycles. The summed E-state index contributed by atoms with van der Waals surface area (Å²) in [5, 5.41) is 10.5. The predicted octanol–water partition coefficient (Wildman–Crippen LogP) is 3.09. The van der Waals surface area contributed by atoms with E-state index in [0.717, 1.165) is 0 Å². The van der Waals surface area contributed by atoms with Crippen molar-refractivity contribution in [1.82, 2.24) is 0 Å². The standard InChI is InChI=1S/C14H25FO4Si/c1-13(2,3)20(5,6)19-11-9(15)7-14(16)8-10(17-4)18-12(11)14/h10,12,16H,7-8H2,1-6H3/t10-,12+,14-/m0/s1. The summed E-state index contributed by atoms with van der Waals surface area (Å²) < 4.78 is 31.0. The third kappa shape index (κ3) is 2.54. The van der Waals surface area contributed by atoms with Gasteiger partial charge in [0.2, 0.25) is 8.32 Å². The van der Waals surface area contributed by atoms with Crippen molar-refractivity contribution in [3.63, 3.8) is 0 Å². The van der Waals surface area contributed by atoms with Gasteiger partial charge < -0.3 is 19.0 Å². The maximum atomic E-state index is 14.2. The second-order valence-electron chi connectivity index (χ2n) is 7.30. The topological polar surface area (TPSA) is 47.9 Å². The van der Waals surface area contributed by atoms with Crippen molar-refractivity contribution in [1.29, 1.82) is 0 Å². The Morgan fingerprint density at radius 2 is 2.00 bits per heavy atom. The molecule has 1 aliphatic carbocycles. The van der Waals surface area contributed by atoms with Crippen molar-refractivity contribution in [3.8, 4) is 0 Å². The summed E-state index contributed by atoms with van der Waals surface area (Å²) in [7, 11) is -0.649. The lowest BCUT2D eigenvalue weighted by Gasteiger charge is -2.38. The Morgan fingerprint density at radius 1 is 1.40 bits per heavy atom. The molecule has 6 heteroatoms. The van der Waals surface area contributed by atoms with Gasteiger partial charge in [0.05, 0.1) is 0 Å². The van der Waals surface area contributed by atoms with Crippen LogP contribution in [0.1, 0.15) is 33.6 Å². The molecule has 0 bridgehead atoms. The van der Waals surface area contributed by atoms with Crippen LogP contribution in [0.15, 0.2) is 11.6 Å². The average Bonchev–Trinajstić information content (AvgIpc) is 2.70.